The van der Waals surface area contributed by atoms with Crippen molar-refractivity contribution in [2.75, 3.05) is 0 Å². The molecule has 0 saturated carbocycles. The molecule has 0 aliphatic carbocycles. The Balaban J connectivity index is 3.17. The van der Waals surface area contributed by atoms with Crippen LogP contribution < -0.4 is 15.6 Å². The van der Waals surface area contributed by atoms with Gasteiger partial charge in [0.2, 0.25) is 10.0 Å². The summed E-state index contributed by atoms with van der Waals surface area (Å²) in [5, 5.41) is 5.02. The molecule has 90 valence electrons. The van der Waals surface area contributed by atoms with Crippen molar-refractivity contribution in [3.8, 4) is 5.75 Å². The lowest BCUT2D eigenvalue weighted by Crippen LogP contribution is -2.14. The molecule has 0 heterocycles. The average Bonchev–Trinajstić information content (AvgIpc) is 2.15. The lowest BCUT2D eigenvalue weighted by molar-refractivity contribution is 0.240. The van der Waals surface area contributed by atoms with Crippen LogP contribution in [0.4, 0.5) is 0 Å². The molecule has 0 radical (unpaired) electrons. The van der Waals surface area contributed by atoms with Crippen LogP contribution in [-0.4, -0.2) is 14.5 Å². The van der Waals surface area contributed by atoms with Crippen LogP contribution in [-0.2, 0) is 16.6 Å². The molecular weight excluding hydrogens is 228 g/mol. The van der Waals surface area contributed by atoms with Gasteiger partial charge < -0.3 is 10.5 Å². The second-order valence-corrected chi connectivity index (χ2v) is 5.25. The van der Waals surface area contributed by atoms with E-state index in [1.165, 1.54) is 12.1 Å². The average molecular weight is 244 g/mol. The molecule has 0 aromatic heterocycles. The molecule has 4 N–H and O–H groups in total. The Morgan fingerprint density at radius 1 is 1.38 bits per heavy atom. The predicted octanol–water partition coefficient (Wildman–Crippen LogP) is 0.580. The van der Waals surface area contributed by atoms with E-state index in [4.69, 9.17) is 15.6 Å². The standard InChI is InChI=1S/C10H16N2O3S/c1-7(2)15-10-4-3-9(16(12,13)14)5-8(10)6-11/h3-5,7H,6,11H2,1-2H3,(H2,12,13,14). The number of ether oxygens (including phenoxy) is 1. The molecule has 0 saturated heterocycles. The first-order valence-corrected chi connectivity index (χ1v) is 6.41. The van der Waals surface area contributed by atoms with E-state index in [2.05, 4.69) is 0 Å². The maximum atomic E-state index is 11.1. The number of sulfonamides is 1. The zero-order chi connectivity index (χ0) is 12.3. The lowest BCUT2D eigenvalue weighted by Gasteiger charge is -2.14. The van der Waals surface area contributed by atoms with Crippen molar-refractivity contribution in [1.82, 2.24) is 0 Å². The molecule has 0 aliphatic rings. The number of hydrogen-bond donors (Lipinski definition) is 2. The normalized spacial score (nSPS) is 11.8. The first-order chi connectivity index (χ1) is 7.34. The van der Waals surface area contributed by atoms with Gasteiger partial charge in [-0.25, -0.2) is 13.6 Å². The van der Waals surface area contributed by atoms with Crippen molar-refractivity contribution in [2.45, 2.75) is 31.4 Å². The molecule has 16 heavy (non-hydrogen) atoms. The van der Waals surface area contributed by atoms with Crippen LogP contribution >= 0.6 is 0 Å². The molecule has 0 unspecified atom stereocenters. The number of hydrogen-bond acceptors (Lipinski definition) is 4. The van der Waals surface area contributed by atoms with Crippen LogP contribution in [0.2, 0.25) is 0 Å². The van der Waals surface area contributed by atoms with Crippen molar-refractivity contribution in [2.24, 2.45) is 10.9 Å². The minimum Gasteiger partial charge on any atom is -0.491 e. The van der Waals surface area contributed by atoms with Gasteiger partial charge in [-0.15, -0.1) is 0 Å². The van der Waals surface area contributed by atoms with Gasteiger partial charge in [0.1, 0.15) is 5.75 Å². The van der Waals surface area contributed by atoms with Gasteiger partial charge in [0.25, 0.3) is 0 Å². The van der Waals surface area contributed by atoms with Crippen LogP contribution in [0.5, 0.6) is 5.75 Å². The highest BCUT2D eigenvalue weighted by atomic mass is 32.2. The minimum absolute atomic E-state index is 0.00522. The second kappa shape index (κ2) is 4.82. The topological polar surface area (TPSA) is 95.4 Å². The summed E-state index contributed by atoms with van der Waals surface area (Å²) in [5.41, 5.74) is 6.15. The van der Waals surface area contributed by atoms with Crippen LogP contribution in [0, 0.1) is 0 Å². The van der Waals surface area contributed by atoms with Gasteiger partial charge >= 0.3 is 0 Å². The summed E-state index contributed by atoms with van der Waals surface area (Å²) in [6, 6.07) is 4.42. The first-order valence-electron chi connectivity index (χ1n) is 4.87. The molecule has 0 atom stereocenters. The SMILES string of the molecule is CC(C)Oc1ccc(S(N)(=O)=O)cc1CN. The van der Waals surface area contributed by atoms with Gasteiger partial charge in [-0.2, -0.15) is 0 Å². The van der Waals surface area contributed by atoms with Gasteiger partial charge in [0.15, 0.2) is 0 Å². The summed E-state index contributed by atoms with van der Waals surface area (Å²) in [4.78, 5) is 0.0454. The number of rotatable bonds is 4. The van der Waals surface area contributed by atoms with Crippen molar-refractivity contribution in [1.29, 1.82) is 0 Å². The zero-order valence-electron chi connectivity index (χ0n) is 9.30. The number of primary sulfonamides is 1. The third-order valence-electron chi connectivity index (χ3n) is 1.94. The number of nitrogens with two attached hydrogens (primary N) is 2. The summed E-state index contributed by atoms with van der Waals surface area (Å²) in [7, 11) is -3.69. The van der Waals surface area contributed by atoms with E-state index >= 15 is 0 Å². The van der Waals surface area contributed by atoms with Gasteiger partial charge in [0.05, 0.1) is 11.0 Å². The van der Waals surface area contributed by atoms with Gasteiger partial charge in [-0.3, -0.25) is 0 Å². The molecule has 0 amide bonds. The minimum atomic E-state index is -3.69. The summed E-state index contributed by atoms with van der Waals surface area (Å²) >= 11 is 0. The molecule has 0 spiro atoms. The quantitative estimate of drug-likeness (QED) is 0.809. The Hall–Kier alpha value is -1.11. The highest BCUT2D eigenvalue weighted by Gasteiger charge is 2.12. The highest BCUT2D eigenvalue weighted by molar-refractivity contribution is 7.89. The Bertz CT molecular complexity index is 469. The summed E-state index contributed by atoms with van der Waals surface area (Å²) in [6.45, 7) is 3.97. The Morgan fingerprint density at radius 2 is 2.00 bits per heavy atom. The van der Waals surface area contributed by atoms with Crippen molar-refractivity contribution < 1.29 is 13.2 Å². The largest absolute Gasteiger partial charge is 0.491 e. The fraction of sp³-hybridized carbons (Fsp3) is 0.400. The molecule has 1 aromatic rings. The Morgan fingerprint density at radius 3 is 2.44 bits per heavy atom. The van der Waals surface area contributed by atoms with E-state index in [0.717, 1.165) is 0 Å². The summed E-state index contributed by atoms with van der Waals surface area (Å²) in [5.74, 6) is 0.588. The van der Waals surface area contributed by atoms with Crippen molar-refractivity contribution >= 4 is 10.0 Å². The molecule has 5 nitrogen and oxygen atoms in total. The maximum absolute atomic E-state index is 11.1. The Labute approximate surface area is 95.4 Å². The maximum Gasteiger partial charge on any atom is 0.238 e. The van der Waals surface area contributed by atoms with Crippen molar-refractivity contribution in [3.05, 3.63) is 23.8 Å². The molecule has 6 heteroatoms. The second-order valence-electron chi connectivity index (χ2n) is 3.69. The van der Waals surface area contributed by atoms with E-state index in [0.29, 0.717) is 11.3 Å². The molecule has 0 bridgehead atoms. The third-order valence-corrected chi connectivity index (χ3v) is 2.85. The predicted molar refractivity (Wildman–Crippen MR) is 61.5 cm³/mol. The van der Waals surface area contributed by atoms with Crippen LogP contribution in [0.3, 0.4) is 0 Å². The Kier molecular flexibility index (Phi) is 3.90. The fourth-order valence-corrected chi connectivity index (χ4v) is 1.83. The summed E-state index contributed by atoms with van der Waals surface area (Å²) in [6.07, 6.45) is 0.00522. The zero-order valence-corrected chi connectivity index (χ0v) is 10.1. The first kappa shape index (κ1) is 13.0. The van der Waals surface area contributed by atoms with Gasteiger partial charge in [0, 0.05) is 12.1 Å². The highest BCUT2D eigenvalue weighted by Crippen LogP contribution is 2.22. The van der Waals surface area contributed by atoms with E-state index in [1.807, 2.05) is 13.8 Å². The van der Waals surface area contributed by atoms with Gasteiger partial charge in [-0.1, -0.05) is 0 Å². The lowest BCUT2D eigenvalue weighted by atomic mass is 10.2. The molecule has 1 rings (SSSR count). The fourth-order valence-electron chi connectivity index (χ4n) is 1.26. The third kappa shape index (κ3) is 3.19. The molecule has 0 aliphatic heterocycles. The van der Waals surface area contributed by atoms with Crippen LogP contribution in [0.15, 0.2) is 23.1 Å². The van der Waals surface area contributed by atoms with E-state index < -0.39 is 10.0 Å². The molecule has 1 aromatic carbocycles. The van der Waals surface area contributed by atoms with E-state index in [1.54, 1.807) is 6.07 Å². The van der Waals surface area contributed by atoms with Gasteiger partial charge in [-0.05, 0) is 32.0 Å². The number of benzene rings is 1. The van der Waals surface area contributed by atoms with E-state index in [-0.39, 0.29) is 17.5 Å². The molecular formula is C10H16N2O3S. The van der Waals surface area contributed by atoms with Crippen LogP contribution in [0.1, 0.15) is 19.4 Å². The van der Waals surface area contributed by atoms with E-state index in [9.17, 15) is 8.42 Å². The molecule has 0 fully saturated rings. The summed E-state index contributed by atoms with van der Waals surface area (Å²) < 4.78 is 27.7. The van der Waals surface area contributed by atoms with Crippen molar-refractivity contribution in [3.63, 3.8) is 0 Å². The monoisotopic (exact) mass is 244 g/mol. The smallest absolute Gasteiger partial charge is 0.238 e. The van der Waals surface area contributed by atoms with Crippen LogP contribution in [0.25, 0.3) is 0 Å².